The molecule has 0 atom stereocenters. The smallest absolute Gasteiger partial charge is 0.416 e. The largest absolute Gasteiger partial charge is 0.457 e. The van der Waals surface area contributed by atoms with Crippen LogP contribution in [-0.2, 0) is 28.7 Å². The van der Waals surface area contributed by atoms with Crippen molar-refractivity contribution in [1.82, 2.24) is 9.88 Å². The SMILES string of the molecule is Cc1ccc(C(=O)Nc2ccc(CCCC(=O)Oc3ccc(C(=O)OCc4ccccc4)cc3)cc2C(=O)N(C)C)c(-c2ccc(C(F)(F)F)cc2)n1. The molecule has 0 fully saturated rings. The molecule has 272 valence electrons. The third-order valence-corrected chi connectivity index (χ3v) is 8.11. The van der Waals surface area contributed by atoms with Gasteiger partial charge < -0.3 is 19.7 Å². The molecule has 1 aromatic heterocycles. The van der Waals surface area contributed by atoms with Crippen LogP contribution in [0.2, 0.25) is 0 Å². The number of halogens is 3. The Morgan fingerprint density at radius 3 is 2.15 bits per heavy atom. The summed E-state index contributed by atoms with van der Waals surface area (Å²) >= 11 is 0. The zero-order chi connectivity index (χ0) is 38.1. The van der Waals surface area contributed by atoms with Gasteiger partial charge in [0.15, 0.2) is 0 Å². The van der Waals surface area contributed by atoms with E-state index in [0.29, 0.717) is 29.7 Å². The van der Waals surface area contributed by atoms with E-state index in [1.165, 1.54) is 47.4 Å². The number of benzene rings is 4. The minimum Gasteiger partial charge on any atom is -0.457 e. The standard InChI is InChI=1S/C41H36F3N3O6/c1-26-12-22-33(37(45-26)29-14-18-31(19-15-29)41(42,43)44)38(49)46-35-23-13-27(24-34(35)39(50)47(2)3)10-7-11-36(48)53-32-20-16-30(17-21-32)40(51)52-25-28-8-5-4-6-9-28/h4-6,8-9,12-24H,7,10-11,25H2,1-3H3,(H,46,49). The molecule has 4 aromatic carbocycles. The van der Waals surface area contributed by atoms with E-state index in [9.17, 15) is 32.3 Å². The second-order valence-corrected chi connectivity index (χ2v) is 12.4. The Balaban J connectivity index is 1.21. The van der Waals surface area contributed by atoms with Crippen LogP contribution in [0.25, 0.3) is 11.3 Å². The van der Waals surface area contributed by atoms with Crippen LogP contribution in [-0.4, -0.2) is 47.7 Å². The summed E-state index contributed by atoms with van der Waals surface area (Å²) in [6.07, 6.45) is -3.62. The monoisotopic (exact) mass is 723 g/mol. The van der Waals surface area contributed by atoms with E-state index in [4.69, 9.17) is 9.47 Å². The molecule has 0 bridgehead atoms. The van der Waals surface area contributed by atoms with Crippen molar-refractivity contribution >= 4 is 29.4 Å². The third-order valence-electron chi connectivity index (χ3n) is 8.11. The first-order valence-electron chi connectivity index (χ1n) is 16.6. The molecule has 5 aromatic rings. The lowest BCUT2D eigenvalue weighted by atomic mass is 10.0. The minimum absolute atomic E-state index is 0.0729. The molecule has 5 rings (SSSR count). The van der Waals surface area contributed by atoms with Crippen molar-refractivity contribution in [3.63, 3.8) is 0 Å². The van der Waals surface area contributed by atoms with Crippen LogP contribution < -0.4 is 10.1 Å². The topological polar surface area (TPSA) is 115 Å². The average molecular weight is 724 g/mol. The predicted octanol–water partition coefficient (Wildman–Crippen LogP) is 8.32. The van der Waals surface area contributed by atoms with Gasteiger partial charge in [-0.1, -0.05) is 48.5 Å². The molecule has 0 unspecified atom stereocenters. The van der Waals surface area contributed by atoms with E-state index in [1.807, 2.05) is 30.3 Å². The van der Waals surface area contributed by atoms with Crippen molar-refractivity contribution in [2.75, 3.05) is 19.4 Å². The summed E-state index contributed by atoms with van der Waals surface area (Å²) in [5.74, 6) is -1.68. The van der Waals surface area contributed by atoms with Gasteiger partial charge in [-0.15, -0.1) is 0 Å². The quantitative estimate of drug-likeness (QED) is 0.102. The van der Waals surface area contributed by atoms with Crippen molar-refractivity contribution in [2.45, 2.75) is 39.0 Å². The highest BCUT2D eigenvalue weighted by atomic mass is 19.4. The van der Waals surface area contributed by atoms with E-state index in [1.54, 1.807) is 45.3 Å². The number of hydrogen-bond acceptors (Lipinski definition) is 7. The number of aromatic nitrogens is 1. The van der Waals surface area contributed by atoms with Gasteiger partial charge in [0.2, 0.25) is 0 Å². The molecule has 0 radical (unpaired) electrons. The average Bonchev–Trinajstić information content (AvgIpc) is 3.14. The summed E-state index contributed by atoms with van der Waals surface area (Å²) in [4.78, 5) is 57.5. The first-order chi connectivity index (χ1) is 25.3. The number of alkyl halides is 3. The Hall–Kier alpha value is -6.30. The molecule has 2 amide bonds. The van der Waals surface area contributed by atoms with E-state index in [0.717, 1.165) is 23.3 Å². The second kappa shape index (κ2) is 16.8. The summed E-state index contributed by atoms with van der Waals surface area (Å²) in [6, 6.07) is 27.8. The molecule has 0 aliphatic heterocycles. The highest BCUT2D eigenvalue weighted by molar-refractivity contribution is 6.11. The van der Waals surface area contributed by atoms with E-state index in [2.05, 4.69) is 10.3 Å². The number of carbonyl (C=O) groups excluding carboxylic acids is 4. The number of pyridine rings is 1. The fraction of sp³-hybridized carbons (Fsp3) is 0.195. The van der Waals surface area contributed by atoms with E-state index >= 15 is 0 Å². The molecule has 9 nitrogen and oxygen atoms in total. The number of esters is 2. The summed E-state index contributed by atoms with van der Waals surface area (Å²) in [7, 11) is 3.15. The zero-order valence-corrected chi connectivity index (χ0v) is 29.2. The van der Waals surface area contributed by atoms with Gasteiger partial charge >= 0.3 is 18.1 Å². The molecule has 12 heteroatoms. The number of amides is 2. The van der Waals surface area contributed by atoms with E-state index < -0.39 is 29.6 Å². The lowest BCUT2D eigenvalue weighted by Crippen LogP contribution is -2.24. The van der Waals surface area contributed by atoms with Gasteiger partial charge in [-0.2, -0.15) is 13.2 Å². The third kappa shape index (κ3) is 10.2. The van der Waals surface area contributed by atoms with Gasteiger partial charge in [0, 0.05) is 31.8 Å². The number of hydrogen-bond donors (Lipinski definition) is 1. The van der Waals surface area contributed by atoms with Crippen LogP contribution in [0, 0.1) is 6.92 Å². The van der Waals surface area contributed by atoms with Crippen LogP contribution >= 0.6 is 0 Å². The number of ether oxygens (including phenoxy) is 2. The molecular weight excluding hydrogens is 687 g/mol. The molecular formula is C41H36F3N3O6. The molecule has 1 heterocycles. The lowest BCUT2D eigenvalue weighted by Gasteiger charge is -2.17. The Labute approximate surface area is 304 Å². The number of aryl methyl sites for hydroxylation is 2. The van der Waals surface area contributed by atoms with Crippen molar-refractivity contribution in [3.05, 3.63) is 148 Å². The summed E-state index contributed by atoms with van der Waals surface area (Å²) in [5.41, 5.74) is 2.71. The van der Waals surface area contributed by atoms with Crippen molar-refractivity contribution in [2.24, 2.45) is 0 Å². The zero-order valence-electron chi connectivity index (χ0n) is 29.2. The summed E-state index contributed by atoms with van der Waals surface area (Å²) in [6.45, 7) is 1.84. The lowest BCUT2D eigenvalue weighted by molar-refractivity contribution is -0.137. The number of nitrogens with one attached hydrogen (secondary N) is 1. The fourth-order valence-corrected chi connectivity index (χ4v) is 5.33. The van der Waals surface area contributed by atoms with E-state index in [-0.39, 0.29) is 47.2 Å². The predicted molar refractivity (Wildman–Crippen MR) is 192 cm³/mol. The maximum atomic E-state index is 13.6. The highest BCUT2D eigenvalue weighted by Gasteiger charge is 2.30. The minimum atomic E-state index is -4.51. The number of anilines is 1. The van der Waals surface area contributed by atoms with Gasteiger partial charge in [-0.05, 0) is 91.6 Å². The fourth-order valence-electron chi connectivity index (χ4n) is 5.33. The number of carbonyl (C=O) groups is 4. The first-order valence-corrected chi connectivity index (χ1v) is 16.6. The van der Waals surface area contributed by atoms with Gasteiger partial charge in [0.1, 0.15) is 12.4 Å². The van der Waals surface area contributed by atoms with Crippen molar-refractivity contribution in [1.29, 1.82) is 0 Å². The van der Waals surface area contributed by atoms with Crippen LogP contribution in [0.3, 0.4) is 0 Å². The van der Waals surface area contributed by atoms with Gasteiger partial charge in [0.25, 0.3) is 11.8 Å². The number of rotatable bonds is 12. The van der Waals surface area contributed by atoms with Crippen LogP contribution in [0.1, 0.15) is 66.3 Å². The van der Waals surface area contributed by atoms with Crippen LogP contribution in [0.5, 0.6) is 5.75 Å². The molecule has 0 saturated heterocycles. The van der Waals surface area contributed by atoms with Gasteiger partial charge in [0.05, 0.1) is 33.6 Å². The summed E-state index contributed by atoms with van der Waals surface area (Å²) in [5, 5.41) is 2.77. The van der Waals surface area contributed by atoms with Crippen molar-refractivity contribution in [3.8, 4) is 17.0 Å². The maximum Gasteiger partial charge on any atom is 0.416 e. The highest BCUT2D eigenvalue weighted by Crippen LogP contribution is 2.32. The Kier molecular flexibility index (Phi) is 12.0. The maximum absolute atomic E-state index is 13.6. The van der Waals surface area contributed by atoms with Crippen LogP contribution in [0.15, 0.2) is 109 Å². The summed E-state index contributed by atoms with van der Waals surface area (Å²) < 4.78 is 50.2. The van der Waals surface area contributed by atoms with Gasteiger partial charge in [-0.3, -0.25) is 19.4 Å². The Morgan fingerprint density at radius 1 is 0.792 bits per heavy atom. The molecule has 53 heavy (non-hydrogen) atoms. The molecule has 0 aliphatic carbocycles. The second-order valence-electron chi connectivity index (χ2n) is 12.4. The number of nitrogens with zero attached hydrogens (tertiary/aromatic N) is 2. The normalized spacial score (nSPS) is 11.1. The molecule has 0 aliphatic rings. The molecule has 0 spiro atoms. The first kappa shape index (κ1) is 37.9. The molecule has 1 N–H and O–H groups in total. The van der Waals surface area contributed by atoms with Crippen LogP contribution in [0.4, 0.5) is 18.9 Å². The van der Waals surface area contributed by atoms with Gasteiger partial charge in [-0.25, -0.2) is 4.79 Å². The Bertz CT molecular complexity index is 2100. The van der Waals surface area contributed by atoms with Crippen molar-refractivity contribution < 1.29 is 41.8 Å². The Morgan fingerprint density at radius 2 is 1.49 bits per heavy atom. The molecule has 0 saturated carbocycles.